The van der Waals surface area contributed by atoms with Crippen LogP contribution in [0.3, 0.4) is 0 Å². The Labute approximate surface area is 176 Å². The fraction of sp³-hybridized carbons (Fsp3) is 1.00. The van der Waals surface area contributed by atoms with Crippen LogP contribution < -0.4 is 0 Å². The van der Waals surface area contributed by atoms with Gasteiger partial charge in [0.2, 0.25) is 0 Å². The summed E-state index contributed by atoms with van der Waals surface area (Å²) in [6, 6.07) is 0. The Morgan fingerprint density at radius 3 is 2.00 bits per heavy atom. The number of hydrogen-bond acceptors (Lipinski definition) is 14. The van der Waals surface area contributed by atoms with E-state index in [-0.39, 0.29) is 6.61 Å². The zero-order chi connectivity index (χ0) is 23.0. The number of rotatable bonds is 5. The van der Waals surface area contributed by atoms with Crippen molar-refractivity contribution in [1.29, 1.82) is 0 Å². The maximum absolute atomic E-state index is 10.2. The summed E-state index contributed by atoms with van der Waals surface area (Å²) >= 11 is 0. The van der Waals surface area contributed by atoms with Crippen LogP contribution in [-0.2, 0) is 23.7 Å². The highest BCUT2D eigenvalue weighted by Crippen LogP contribution is 2.28. The van der Waals surface area contributed by atoms with Gasteiger partial charge in [0.25, 0.3) is 0 Å². The fourth-order valence-corrected chi connectivity index (χ4v) is 3.59. The molecule has 0 aromatic carbocycles. The van der Waals surface area contributed by atoms with Gasteiger partial charge in [0, 0.05) is 0 Å². The van der Waals surface area contributed by atoms with E-state index in [2.05, 4.69) is 0 Å². The van der Waals surface area contributed by atoms with Crippen LogP contribution in [0.25, 0.3) is 0 Å². The van der Waals surface area contributed by atoms with Crippen molar-refractivity contribution in [3.8, 4) is 0 Å². The van der Waals surface area contributed by atoms with E-state index in [9.17, 15) is 46.0 Å². The molecule has 3 saturated heterocycles. The smallest absolute Gasteiger partial charge is 0.187 e. The molecule has 14 nitrogen and oxygen atoms in total. The second kappa shape index (κ2) is 10.1. The molecule has 3 aliphatic heterocycles. The zero-order valence-corrected chi connectivity index (χ0v) is 16.6. The van der Waals surface area contributed by atoms with Crippen LogP contribution in [-0.4, -0.2) is 145 Å². The summed E-state index contributed by atoms with van der Waals surface area (Å²) in [7, 11) is 0. The molecule has 0 aromatic heterocycles. The summed E-state index contributed by atoms with van der Waals surface area (Å²) in [4.78, 5) is 0. The number of aliphatic hydroxyl groups excluding tert-OH is 9. The summed E-state index contributed by atoms with van der Waals surface area (Å²) < 4.78 is 26.2. The third kappa shape index (κ3) is 5.18. The molecule has 0 unspecified atom stereocenters. The maximum atomic E-state index is 10.2. The van der Waals surface area contributed by atoms with E-state index in [4.69, 9.17) is 23.7 Å². The molecule has 3 fully saturated rings. The second-order valence-electron chi connectivity index (χ2n) is 7.91. The molecule has 0 saturated carbocycles. The van der Waals surface area contributed by atoms with E-state index in [1.54, 1.807) is 0 Å². The standard InChI is InChI=1S/C17H30O14/c1-4-7(19)10(22)12(24)16(29-4)28-3-6-9(21)11(23)13(25)17(30-6)31-14-8(20)5(18)2-27-15(14)26/h4-26H,2-3H2,1H3/t4-,5-,6+,7-,8-,9+,10+,11-,12+,13+,14+,15+,16+,17-/m0/s1. The van der Waals surface area contributed by atoms with E-state index >= 15 is 0 Å². The molecular formula is C17H30O14. The van der Waals surface area contributed by atoms with Gasteiger partial charge in [-0.25, -0.2) is 0 Å². The number of hydrogen-bond donors (Lipinski definition) is 9. The zero-order valence-electron chi connectivity index (χ0n) is 16.6. The Hall–Kier alpha value is -0.560. The highest BCUT2D eigenvalue weighted by Gasteiger charge is 2.49. The van der Waals surface area contributed by atoms with Gasteiger partial charge in [0.15, 0.2) is 18.9 Å². The first kappa shape index (κ1) is 25.1. The van der Waals surface area contributed by atoms with Gasteiger partial charge in [0.05, 0.1) is 19.3 Å². The highest BCUT2D eigenvalue weighted by atomic mass is 16.7. The lowest BCUT2D eigenvalue weighted by Gasteiger charge is -2.44. The van der Waals surface area contributed by atoms with Gasteiger partial charge in [-0.15, -0.1) is 0 Å². The minimum absolute atomic E-state index is 0.350. The quantitative estimate of drug-likeness (QED) is 0.187. The molecule has 0 spiro atoms. The minimum atomic E-state index is -1.79. The van der Waals surface area contributed by atoms with Crippen LogP contribution >= 0.6 is 0 Å². The fourth-order valence-electron chi connectivity index (χ4n) is 3.59. The predicted molar refractivity (Wildman–Crippen MR) is 93.8 cm³/mol. The first-order valence-corrected chi connectivity index (χ1v) is 9.85. The van der Waals surface area contributed by atoms with E-state index in [1.807, 2.05) is 0 Å². The first-order valence-electron chi connectivity index (χ1n) is 9.85. The Kier molecular flexibility index (Phi) is 8.21. The van der Waals surface area contributed by atoms with E-state index in [0.717, 1.165) is 0 Å². The van der Waals surface area contributed by atoms with Crippen molar-refractivity contribution in [2.75, 3.05) is 13.2 Å². The Bertz CT molecular complexity index is 581. The molecule has 0 amide bonds. The molecule has 0 bridgehead atoms. The molecule has 182 valence electrons. The van der Waals surface area contributed by atoms with Crippen molar-refractivity contribution >= 4 is 0 Å². The SMILES string of the molecule is C[C@@H]1O[C@@H](OC[C@H]2O[C@@H](O[C@@H]3[C@@H](O)[C@@H](O)CO[C@H]3O)[C@H](O)[C@@H](O)[C@@H]2O)[C@H](O)[C@H](O)[C@H]1O. The molecule has 3 rings (SSSR count). The van der Waals surface area contributed by atoms with Crippen molar-refractivity contribution in [2.45, 2.75) is 92.9 Å². The molecule has 9 N–H and O–H groups in total. The van der Waals surface area contributed by atoms with Gasteiger partial charge in [-0.3, -0.25) is 0 Å². The molecule has 0 aromatic rings. The minimum Gasteiger partial charge on any atom is -0.388 e. The van der Waals surface area contributed by atoms with Gasteiger partial charge in [0.1, 0.15) is 61.0 Å². The van der Waals surface area contributed by atoms with E-state index < -0.39 is 92.6 Å². The molecule has 31 heavy (non-hydrogen) atoms. The summed E-state index contributed by atoms with van der Waals surface area (Å²) in [6.07, 6.45) is -21.1. The third-order valence-corrected chi connectivity index (χ3v) is 5.64. The molecule has 0 aliphatic carbocycles. The summed E-state index contributed by atoms with van der Waals surface area (Å²) in [5.74, 6) is 0. The third-order valence-electron chi connectivity index (χ3n) is 5.64. The molecule has 0 radical (unpaired) electrons. The van der Waals surface area contributed by atoms with Crippen molar-refractivity contribution in [2.24, 2.45) is 0 Å². The molecule has 14 atom stereocenters. The van der Waals surface area contributed by atoms with E-state index in [0.29, 0.717) is 0 Å². The molecular weight excluding hydrogens is 428 g/mol. The van der Waals surface area contributed by atoms with E-state index in [1.165, 1.54) is 6.92 Å². The lowest BCUT2D eigenvalue weighted by molar-refractivity contribution is -0.359. The molecule has 3 aliphatic rings. The van der Waals surface area contributed by atoms with Gasteiger partial charge in [-0.2, -0.15) is 0 Å². The highest BCUT2D eigenvalue weighted by molar-refractivity contribution is 4.92. The van der Waals surface area contributed by atoms with Crippen molar-refractivity contribution in [3.05, 3.63) is 0 Å². The first-order chi connectivity index (χ1) is 14.5. The average molecular weight is 458 g/mol. The van der Waals surface area contributed by atoms with Crippen molar-refractivity contribution in [1.82, 2.24) is 0 Å². The Morgan fingerprint density at radius 1 is 0.710 bits per heavy atom. The summed E-state index contributed by atoms with van der Waals surface area (Å²) in [6.45, 7) is 0.594. The van der Waals surface area contributed by atoms with Crippen LogP contribution in [0.15, 0.2) is 0 Å². The molecule has 14 heteroatoms. The van der Waals surface area contributed by atoms with Gasteiger partial charge in [-0.1, -0.05) is 0 Å². The topological polar surface area (TPSA) is 228 Å². The Balaban J connectivity index is 1.63. The summed E-state index contributed by atoms with van der Waals surface area (Å²) in [5, 5.41) is 89.5. The summed E-state index contributed by atoms with van der Waals surface area (Å²) in [5.41, 5.74) is 0. The van der Waals surface area contributed by atoms with Gasteiger partial charge in [-0.05, 0) is 6.92 Å². The van der Waals surface area contributed by atoms with Crippen LogP contribution in [0.1, 0.15) is 6.92 Å². The van der Waals surface area contributed by atoms with Crippen molar-refractivity contribution in [3.63, 3.8) is 0 Å². The number of aliphatic hydroxyl groups is 9. The lowest BCUT2D eigenvalue weighted by Crippen LogP contribution is -2.63. The van der Waals surface area contributed by atoms with Crippen LogP contribution in [0.4, 0.5) is 0 Å². The number of ether oxygens (including phenoxy) is 5. The monoisotopic (exact) mass is 458 g/mol. The Morgan fingerprint density at radius 2 is 1.32 bits per heavy atom. The lowest BCUT2D eigenvalue weighted by atomic mass is 9.98. The second-order valence-corrected chi connectivity index (χ2v) is 7.91. The predicted octanol–water partition coefficient (Wildman–Crippen LogP) is -5.91. The average Bonchev–Trinajstić information content (AvgIpc) is 2.74. The van der Waals surface area contributed by atoms with Gasteiger partial charge < -0.3 is 69.6 Å². The normalized spacial score (nSPS) is 54.0. The van der Waals surface area contributed by atoms with Crippen LogP contribution in [0, 0.1) is 0 Å². The maximum Gasteiger partial charge on any atom is 0.187 e. The molecule has 3 heterocycles. The largest absolute Gasteiger partial charge is 0.388 e. The van der Waals surface area contributed by atoms with Crippen LogP contribution in [0.2, 0.25) is 0 Å². The van der Waals surface area contributed by atoms with Gasteiger partial charge >= 0.3 is 0 Å². The van der Waals surface area contributed by atoms with Crippen molar-refractivity contribution < 1.29 is 69.6 Å². The van der Waals surface area contributed by atoms with Crippen LogP contribution in [0.5, 0.6) is 0 Å².